The molecule has 0 saturated carbocycles. The minimum absolute atomic E-state index is 0.0789. The van der Waals surface area contributed by atoms with E-state index in [-0.39, 0.29) is 11.5 Å². The largest absolute Gasteiger partial charge is 0.508 e. The first kappa shape index (κ1) is 14.0. The molecule has 1 N–H and O–H groups in total. The van der Waals surface area contributed by atoms with Crippen LogP contribution < -0.4 is 9.47 Å². The third-order valence-corrected chi connectivity index (χ3v) is 3.45. The number of ketones is 1. The standard InChI is InChI=1S/C17H14O5/c1-20-15-5-3-10(7-16(15)21-2)17(19)13-9-22-14-6-4-11(18)8-12(13)14/h3-9,18H,1-2H3. The fraction of sp³-hybridized carbons (Fsp3) is 0.118. The molecule has 5 nitrogen and oxygen atoms in total. The first-order valence-corrected chi connectivity index (χ1v) is 6.61. The summed E-state index contributed by atoms with van der Waals surface area (Å²) in [6, 6.07) is 9.58. The molecule has 0 aliphatic rings. The molecule has 1 heterocycles. The molecule has 5 heteroatoms. The van der Waals surface area contributed by atoms with Crippen LogP contribution in [0.3, 0.4) is 0 Å². The number of aromatic hydroxyl groups is 1. The molecule has 0 spiro atoms. The number of phenols is 1. The van der Waals surface area contributed by atoms with Crippen LogP contribution >= 0.6 is 0 Å². The molecule has 0 unspecified atom stereocenters. The number of fused-ring (bicyclic) bond motifs is 1. The molecule has 112 valence electrons. The number of carbonyl (C=O) groups excluding carboxylic acids is 1. The zero-order valence-corrected chi connectivity index (χ0v) is 12.1. The lowest BCUT2D eigenvalue weighted by atomic mass is 10.0. The number of methoxy groups -OCH3 is 2. The molecule has 0 amide bonds. The Kier molecular flexibility index (Phi) is 3.47. The molecule has 3 rings (SSSR count). The van der Waals surface area contributed by atoms with Crippen LogP contribution in [0.2, 0.25) is 0 Å². The van der Waals surface area contributed by atoms with Gasteiger partial charge < -0.3 is 19.0 Å². The average Bonchev–Trinajstić information content (AvgIpc) is 2.96. The normalized spacial score (nSPS) is 10.6. The molecule has 1 aromatic heterocycles. The van der Waals surface area contributed by atoms with E-state index in [9.17, 15) is 9.90 Å². The van der Waals surface area contributed by atoms with Gasteiger partial charge in [0, 0.05) is 10.9 Å². The Hall–Kier alpha value is -2.95. The number of phenolic OH excluding ortho intramolecular Hbond substituents is 1. The number of furan rings is 1. The highest BCUT2D eigenvalue weighted by Crippen LogP contribution is 2.31. The summed E-state index contributed by atoms with van der Waals surface area (Å²) in [5.74, 6) is 0.887. The van der Waals surface area contributed by atoms with Crippen molar-refractivity contribution < 1.29 is 23.8 Å². The van der Waals surface area contributed by atoms with Crippen molar-refractivity contribution in [2.45, 2.75) is 0 Å². The molecule has 0 aliphatic carbocycles. The van der Waals surface area contributed by atoms with Gasteiger partial charge in [-0.1, -0.05) is 0 Å². The van der Waals surface area contributed by atoms with Gasteiger partial charge in [0.15, 0.2) is 17.3 Å². The maximum Gasteiger partial charge on any atom is 0.197 e. The smallest absolute Gasteiger partial charge is 0.197 e. The van der Waals surface area contributed by atoms with Crippen molar-refractivity contribution in [1.29, 1.82) is 0 Å². The van der Waals surface area contributed by atoms with E-state index in [4.69, 9.17) is 13.9 Å². The molecule has 0 bridgehead atoms. The third-order valence-electron chi connectivity index (χ3n) is 3.45. The molecule has 0 aliphatic heterocycles. The lowest BCUT2D eigenvalue weighted by Crippen LogP contribution is -2.01. The summed E-state index contributed by atoms with van der Waals surface area (Å²) in [4.78, 5) is 12.7. The molecule has 2 aromatic carbocycles. The number of benzene rings is 2. The second-order valence-electron chi connectivity index (χ2n) is 4.73. The molecule has 0 atom stereocenters. The maximum atomic E-state index is 12.7. The summed E-state index contributed by atoms with van der Waals surface area (Å²) >= 11 is 0. The van der Waals surface area contributed by atoms with Gasteiger partial charge in [-0.05, 0) is 36.4 Å². The Morgan fingerprint density at radius 2 is 1.82 bits per heavy atom. The fourth-order valence-corrected chi connectivity index (χ4v) is 2.33. The number of hydrogen-bond acceptors (Lipinski definition) is 5. The van der Waals surface area contributed by atoms with Crippen molar-refractivity contribution in [3.05, 3.63) is 53.8 Å². The number of carbonyl (C=O) groups is 1. The highest BCUT2D eigenvalue weighted by molar-refractivity contribution is 6.16. The van der Waals surface area contributed by atoms with E-state index in [1.54, 1.807) is 24.3 Å². The van der Waals surface area contributed by atoms with Crippen molar-refractivity contribution in [3.63, 3.8) is 0 Å². The molecular formula is C17H14O5. The van der Waals surface area contributed by atoms with Crippen LogP contribution in [-0.4, -0.2) is 25.1 Å². The van der Waals surface area contributed by atoms with Gasteiger partial charge in [0.1, 0.15) is 17.6 Å². The maximum absolute atomic E-state index is 12.7. The highest BCUT2D eigenvalue weighted by Gasteiger charge is 2.18. The Morgan fingerprint density at radius 1 is 1.05 bits per heavy atom. The van der Waals surface area contributed by atoms with E-state index in [0.29, 0.717) is 33.6 Å². The second kappa shape index (κ2) is 5.44. The summed E-state index contributed by atoms with van der Waals surface area (Å²) in [7, 11) is 3.04. The van der Waals surface area contributed by atoms with Gasteiger partial charge in [-0.15, -0.1) is 0 Å². The summed E-state index contributed by atoms with van der Waals surface area (Å²) in [5.41, 5.74) is 1.38. The molecule has 0 fully saturated rings. The molecule has 22 heavy (non-hydrogen) atoms. The molecular weight excluding hydrogens is 284 g/mol. The number of ether oxygens (including phenoxy) is 2. The van der Waals surface area contributed by atoms with Crippen LogP contribution in [0.1, 0.15) is 15.9 Å². The Bertz CT molecular complexity index is 847. The predicted molar refractivity (Wildman–Crippen MR) is 80.9 cm³/mol. The minimum atomic E-state index is -0.217. The summed E-state index contributed by atoms with van der Waals surface area (Å²) < 4.78 is 15.7. The van der Waals surface area contributed by atoms with Crippen molar-refractivity contribution in [2.24, 2.45) is 0 Å². The lowest BCUT2D eigenvalue weighted by Gasteiger charge is -2.08. The van der Waals surface area contributed by atoms with Crippen LogP contribution in [0.5, 0.6) is 17.2 Å². The van der Waals surface area contributed by atoms with Crippen LogP contribution in [0.4, 0.5) is 0 Å². The quantitative estimate of drug-likeness (QED) is 0.748. The average molecular weight is 298 g/mol. The van der Waals surface area contributed by atoms with Gasteiger partial charge in [0.05, 0.1) is 19.8 Å². The van der Waals surface area contributed by atoms with Gasteiger partial charge in [-0.25, -0.2) is 0 Å². The van der Waals surface area contributed by atoms with E-state index in [0.717, 1.165) is 0 Å². The third kappa shape index (κ3) is 2.26. The SMILES string of the molecule is COc1ccc(C(=O)c2coc3ccc(O)cc23)cc1OC. The zero-order chi connectivity index (χ0) is 15.7. The monoisotopic (exact) mass is 298 g/mol. The van der Waals surface area contributed by atoms with Crippen molar-refractivity contribution in [1.82, 2.24) is 0 Å². The van der Waals surface area contributed by atoms with Crippen LogP contribution in [0.15, 0.2) is 47.1 Å². The number of hydrogen-bond donors (Lipinski definition) is 1. The van der Waals surface area contributed by atoms with Crippen LogP contribution in [0.25, 0.3) is 11.0 Å². The fourth-order valence-electron chi connectivity index (χ4n) is 2.33. The van der Waals surface area contributed by atoms with E-state index < -0.39 is 0 Å². The first-order chi connectivity index (χ1) is 10.6. The van der Waals surface area contributed by atoms with E-state index >= 15 is 0 Å². The minimum Gasteiger partial charge on any atom is -0.508 e. The van der Waals surface area contributed by atoms with Crippen molar-refractivity contribution >= 4 is 16.8 Å². The Labute approximate surface area is 126 Å². The van der Waals surface area contributed by atoms with Gasteiger partial charge in [0.25, 0.3) is 0 Å². The zero-order valence-electron chi connectivity index (χ0n) is 12.1. The highest BCUT2D eigenvalue weighted by atomic mass is 16.5. The predicted octanol–water partition coefficient (Wildman–Crippen LogP) is 3.39. The Balaban J connectivity index is 2.08. The van der Waals surface area contributed by atoms with Gasteiger partial charge in [-0.3, -0.25) is 4.79 Å². The second-order valence-corrected chi connectivity index (χ2v) is 4.73. The van der Waals surface area contributed by atoms with Crippen LogP contribution in [0, 0.1) is 0 Å². The summed E-state index contributed by atoms with van der Waals surface area (Å²) in [6.07, 6.45) is 1.39. The number of rotatable bonds is 4. The Morgan fingerprint density at radius 3 is 2.55 bits per heavy atom. The van der Waals surface area contributed by atoms with E-state index in [1.165, 1.54) is 32.6 Å². The topological polar surface area (TPSA) is 68.9 Å². The van der Waals surface area contributed by atoms with Gasteiger partial charge >= 0.3 is 0 Å². The first-order valence-electron chi connectivity index (χ1n) is 6.61. The van der Waals surface area contributed by atoms with Crippen LogP contribution in [-0.2, 0) is 0 Å². The summed E-state index contributed by atoms with van der Waals surface area (Å²) in [6.45, 7) is 0. The van der Waals surface area contributed by atoms with E-state index in [1.807, 2.05) is 0 Å². The lowest BCUT2D eigenvalue weighted by molar-refractivity contribution is 0.103. The summed E-state index contributed by atoms with van der Waals surface area (Å²) in [5, 5.41) is 10.2. The molecule has 3 aromatic rings. The molecule has 0 radical (unpaired) electrons. The van der Waals surface area contributed by atoms with Crippen molar-refractivity contribution in [3.8, 4) is 17.2 Å². The molecule has 0 saturated heterocycles. The van der Waals surface area contributed by atoms with E-state index in [2.05, 4.69) is 0 Å². The van der Waals surface area contributed by atoms with Crippen molar-refractivity contribution in [2.75, 3.05) is 14.2 Å². The van der Waals surface area contributed by atoms with Gasteiger partial charge in [0.2, 0.25) is 0 Å². The van der Waals surface area contributed by atoms with Gasteiger partial charge in [-0.2, -0.15) is 0 Å².